The smallest absolute Gasteiger partial charge is 0.672 e. The molecule has 6 heteroatoms. The second kappa shape index (κ2) is 9.01. The third kappa shape index (κ3) is 470. The van der Waals surface area contributed by atoms with Gasteiger partial charge in [-0.05, 0) is 0 Å². The Bertz CT molecular complexity index is 33.8. The van der Waals surface area contributed by atoms with E-state index in [1.807, 2.05) is 0 Å². The van der Waals surface area contributed by atoms with Crippen molar-refractivity contribution >= 4 is 36.7 Å². The van der Waals surface area contributed by atoms with Crippen molar-refractivity contribution in [2.45, 2.75) is 0 Å². The fourth-order valence-electron chi connectivity index (χ4n) is 0. The van der Waals surface area contributed by atoms with Crippen molar-refractivity contribution in [3.8, 4) is 0 Å². The Labute approximate surface area is 51.3 Å². The van der Waals surface area contributed by atoms with Gasteiger partial charge < -0.3 is 14.1 Å². The van der Waals surface area contributed by atoms with Gasteiger partial charge in [0.15, 0.2) is 0 Å². The number of hydrogen-bond donors (Lipinski definition) is 0. The molecule has 0 unspecified atom stereocenters. The van der Waals surface area contributed by atoms with E-state index in [0.717, 1.165) is 0 Å². The summed E-state index contributed by atoms with van der Waals surface area (Å²) in [5.74, 6) is 0. The van der Waals surface area contributed by atoms with E-state index in [1.54, 1.807) is 0 Å². The SMILES string of the molecule is O=[Si]([O-])[O-].[Al+3].[Be+2]. The standard InChI is InChI=1S/Al.Be.O3Si/c;;1-4(2)3/q+3;+2;-2. The molecule has 0 aliphatic heterocycles. The quantitative estimate of drug-likeness (QED) is 0.304. The Balaban J connectivity index is -0.0000000450. The fraction of sp³-hybridized carbons (Fsp3) is 0. The molecule has 0 rings (SSSR count). The van der Waals surface area contributed by atoms with Crippen LogP contribution < -0.4 is 9.59 Å². The normalized spacial score (nSPS) is 4.00. The van der Waals surface area contributed by atoms with Gasteiger partial charge in [0, 0.05) is 9.17 Å². The van der Waals surface area contributed by atoms with E-state index < -0.39 is 9.17 Å². The summed E-state index contributed by atoms with van der Waals surface area (Å²) in [4.78, 5) is 17.0. The molecule has 0 radical (unpaired) electrons. The molecule has 24 valence electrons. The largest absolute Gasteiger partial charge is 3.00 e. The van der Waals surface area contributed by atoms with Crippen LogP contribution in [0.2, 0.25) is 0 Å². The summed E-state index contributed by atoms with van der Waals surface area (Å²) in [6.45, 7) is 0. The Morgan fingerprint density at radius 3 is 1.33 bits per heavy atom. The van der Waals surface area contributed by atoms with E-state index in [9.17, 15) is 0 Å². The molecule has 0 amide bonds. The van der Waals surface area contributed by atoms with Gasteiger partial charge in [-0.15, -0.1) is 0 Å². The van der Waals surface area contributed by atoms with Crippen LogP contribution in [0.3, 0.4) is 0 Å². The minimum absolute atomic E-state index is 0. The molecule has 0 aromatic carbocycles. The zero-order chi connectivity index (χ0) is 3.58. The third-order valence-corrected chi connectivity index (χ3v) is 0. The molecular formula is AlBeO3Si+3. The van der Waals surface area contributed by atoms with E-state index in [2.05, 4.69) is 0 Å². The van der Waals surface area contributed by atoms with E-state index in [1.165, 1.54) is 0 Å². The van der Waals surface area contributed by atoms with Crippen LogP contribution in [0.25, 0.3) is 0 Å². The summed E-state index contributed by atoms with van der Waals surface area (Å²) < 4.78 is 8.52. The van der Waals surface area contributed by atoms with Crippen LogP contribution >= 0.6 is 0 Å². The van der Waals surface area contributed by atoms with E-state index in [0.29, 0.717) is 0 Å². The first-order valence-electron chi connectivity index (χ1n) is 0.612. The van der Waals surface area contributed by atoms with Crippen molar-refractivity contribution in [3.05, 3.63) is 0 Å². The van der Waals surface area contributed by atoms with Crippen LogP contribution in [-0.2, 0) is 4.46 Å². The molecule has 0 N–H and O–H groups in total. The minimum atomic E-state index is -3.63. The van der Waals surface area contributed by atoms with Crippen LogP contribution in [0.1, 0.15) is 0 Å². The molecule has 0 atom stereocenters. The van der Waals surface area contributed by atoms with E-state index in [-0.39, 0.29) is 27.5 Å². The molecule has 0 aromatic rings. The second-order valence-corrected chi connectivity index (χ2v) is 0.750. The first-order chi connectivity index (χ1) is 1.73. The maximum absolute atomic E-state index is 8.52. The Morgan fingerprint density at radius 2 is 1.33 bits per heavy atom. The first kappa shape index (κ1) is 16.2. The maximum atomic E-state index is 8.52. The second-order valence-electron chi connectivity index (χ2n) is 0.250. The number of hydrogen-bond acceptors (Lipinski definition) is 3. The van der Waals surface area contributed by atoms with Crippen LogP contribution in [-0.4, -0.2) is 36.7 Å². The molecular weight excluding hydrogens is 112 g/mol. The Morgan fingerprint density at radius 1 is 1.33 bits per heavy atom. The predicted octanol–water partition coefficient (Wildman–Crippen LogP) is -3.64. The molecule has 6 heavy (non-hydrogen) atoms. The zero-order valence-electron chi connectivity index (χ0n) is 3.01. The summed E-state index contributed by atoms with van der Waals surface area (Å²) in [5, 5.41) is 0. The Hall–Kier alpha value is 0.318. The van der Waals surface area contributed by atoms with Gasteiger partial charge in [0.05, 0.1) is 0 Å². The zero-order valence-corrected chi connectivity index (χ0v) is 5.16. The van der Waals surface area contributed by atoms with Crippen molar-refractivity contribution in [3.63, 3.8) is 0 Å². The maximum Gasteiger partial charge on any atom is 3.00 e. The van der Waals surface area contributed by atoms with Crippen LogP contribution in [0, 0.1) is 0 Å². The molecule has 0 heterocycles. The van der Waals surface area contributed by atoms with Gasteiger partial charge in [0.2, 0.25) is 0 Å². The van der Waals surface area contributed by atoms with Crippen LogP contribution in [0.15, 0.2) is 0 Å². The van der Waals surface area contributed by atoms with E-state index >= 15 is 0 Å². The summed E-state index contributed by atoms with van der Waals surface area (Å²) in [5.41, 5.74) is 0. The van der Waals surface area contributed by atoms with Crippen molar-refractivity contribution in [2.24, 2.45) is 0 Å². The van der Waals surface area contributed by atoms with Gasteiger partial charge in [0.1, 0.15) is 0 Å². The first-order valence-corrected chi connectivity index (χ1v) is 1.84. The van der Waals surface area contributed by atoms with Gasteiger partial charge in [-0.1, -0.05) is 0 Å². The minimum Gasteiger partial charge on any atom is -0.672 e. The topological polar surface area (TPSA) is 63.2 Å². The third-order valence-electron chi connectivity index (χ3n) is 0. The molecule has 3 nitrogen and oxygen atoms in total. The molecule has 0 aliphatic carbocycles. The van der Waals surface area contributed by atoms with Gasteiger partial charge >= 0.3 is 27.5 Å². The number of rotatable bonds is 0. The van der Waals surface area contributed by atoms with Crippen molar-refractivity contribution < 1.29 is 14.1 Å². The molecule has 0 bridgehead atoms. The van der Waals surface area contributed by atoms with Gasteiger partial charge in [0.25, 0.3) is 0 Å². The van der Waals surface area contributed by atoms with E-state index in [4.69, 9.17) is 14.1 Å². The Kier molecular flexibility index (Phi) is 24.4. The molecule has 0 fully saturated rings. The molecule has 0 aliphatic rings. The summed E-state index contributed by atoms with van der Waals surface area (Å²) in [7, 11) is -3.63. The summed E-state index contributed by atoms with van der Waals surface area (Å²) in [6.07, 6.45) is 0. The average molecular weight is 112 g/mol. The molecule has 0 saturated carbocycles. The monoisotopic (exact) mass is 112 g/mol. The van der Waals surface area contributed by atoms with Crippen LogP contribution in [0.4, 0.5) is 0 Å². The van der Waals surface area contributed by atoms with Crippen molar-refractivity contribution in [1.82, 2.24) is 0 Å². The molecule has 0 aromatic heterocycles. The van der Waals surface area contributed by atoms with Gasteiger partial charge in [-0.3, -0.25) is 0 Å². The fourth-order valence-corrected chi connectivity index (χ4v) is 0. The van der Waals surface area contributed by atoms with Crippen molar-refractivity contribution in [2.75, 3.05) is 0 Å². The summed E-state index contributed by atoms with van der Waals surface area (Å²) >= 11 is 0. The van der Waals surface area contributed by atoms with Crippen LogP contribution in [0.5, 0.6) is 0 Å². The molecule has 0 spiro atoms. The summed E-state index contributed by atoms with van der Waals surface area (Å²) in [6, 6.07) is 0. The molecule has 0 saturated heterocycles. The van der Waals surface area contributed by atoms with Gasteiger partial charge in [-0.25, -0.2) is 0 Å². The van der Waals surface area contributed by atoms with Gasteiger partial charge in [-0.2, -0.15) is 0 Å². The predicted molar refractivity (Wildman–Crippen MR) is 17.9 cm³/mol. The van der Waals surface area contributed by atoms with Crippen molar-refractivity contribution in [1.29, 1.82) is 0 Å². The average Bonchev–Trinajstić information content (AvgIpc) is 0.811.